The van der Waals surface area contributed by atoms with Gasteiger partial charge in [0.25, 0.3) is 0 Å². The maximum absolute atomic E-state index is 11.8. The van der Waals surface area contributed by atoms with Gasteiger partial charge < -0.3 is 4.79 Å². The van der Waals surface area contributed by atoms with Crippen LogP contribution in [0.3, 0.4) is 0 Å². The second kappa shape index (κ2) is 2.59. The first-order valence-electron chi connectivity index (χ1n) is 6.53. The molecule has 0 bridgehead atoms. The number of rotatable bonds is 1. The van der Waals surface area contributed by atoms with Crippen molar-refractivity contribution in [1.82, 2.24) is 0 Å². The smallest absolute Gasteiger partial charge is 0.128 e. The van der Waals surface area contributed by atoms with Crippen molar-refractivity contribution in [2.75, 3.05) is 0 Å². The van der Waals surface area contributed by atoms with Crippen LogP contribution in [0.5, 0.6) is 0 Å². The van der Waals surface area contributed by atoms with E-state index in [4.69, 9.17) is 0 Å². The lowest BCUT2D eigenvalue weighted by molar-refractivity contribution is -0.112. The van der Waals surface area contributed by atoms with E-state index in [-0.39, 0.29) is 5.41 Å². The third-order valence-electron chi connectivity index (χ3n) is 5.29. The average molecular weight is 232 g/mol. The molecular weight excluding hydrogens is 220 g/mol. The average Bonchev–Trinajstić information content (AvgIpc) is 2.93. The normalized spacial score (nSPS) is 36.8. The van der Waals surface area contributed by atoms with Crippen LogP contribution >= 0.6 is 0 Å². The molecule has 0 saturated heterocycles. The summed E-state index contributed by atoms with van der Waals surface area (Å²) in [4.78, 5) is 11.8. The molecular formula is C17H12O. The van der Waals surface area contributed by atoms with Gasteiger partial charge in [-0.25, -0.2) is 0 Å². The van der Waals surface area contributed by atoms with E-state index in [1.54, 1.807) is 0 Å². The van der Waals surface area contributed by atoms with Gasteiger partial charge in [-0.3, -0.25) is 0 Å². The molecule has 86 valence electrons. The molecule has 0 spiro atoms. The largest absolute Gasteiger partial charge is 0.303 e. The first-order chi connectivity index (χ1) is 8.89. The van der Waals surface area contributed by atoms with Crippen molar-refractivity contribution in [2.24, 2.45) is 5.41 Å². The lowest BCUT2D eigenvalue weighted by Gasteiger charge is -2.15. The van der Waals surface area contributed by atoms with Crippen LogP contribution in [0.25, 0.3) is 0 Å². The fourth-order valence-corrected chi connectivity index (χ4v) is 4.72. The van der Waals surface area contributed by atoms with Gasteiger partial charge in [-0.05, 0) is 22.3 Å². The molecule has 0 N–H and O–H groups in total. The molecule has 0 amide bonds. The quantitative estimate of drug-likeness (QED) is 0.690. The highest BCUT2D eigenvalue weighted by atomic mass is 16.1. The molecule has 1 heteroatoms. The summed E-state index contributed by atoms with van der Waals surface area (Å²) in [6, 6.07) is 17.2. The maximum Gasteiger partial charge on any atom is 0.128 e. The van der Waals surface area contributed by atoms with Crippen LogP contribution in [0.2, 0.25) is 0 Å². The van der Waals surface area contributed by atoms with Crippen LogP contribution in [0.1, 0.15) is 40.0 Å². The molecule has 0 radical (unpaired) electrons. The minimum atomic E-state index is -0.132. The molecule has 1 fully saturated rings. The highest BCUT2D eigenvalue weighted by Gasteiger charge is 2.78. The number of hydrogen-bond acceptors (Lipinski definition) is 1. The lowest BCUT2D eigenvalue weighted by Crippen LogP contribution is -2.11. The molecule has 3 aliphatic rings. The minimum absolute atomic E-state index is 0.132. The van der Waals surface area contributed by atoms with Crippen molar-refractivity contribution < 1.29 is 4.79 Å². The van der Waals surface area contributed by atoms with E-state index >= 15 is 0 Å². The van der Waals surface area contributed by atoms with Gasteiger partial charge in [-0.15, -0.1) is 0 Å². The summed E-state index contributed by atoms with van der Waals surface area (Å²) in [7, 11) is 0. The zero-order valence-corrected chi connectivity index (χ0v) is 9.84. The van der Waals surface area contributed by atoms with E-state index in [2.05, 4.69) is 48.5 Å². The Hall–Kier alpha value is -1.89. The van der Waals surface area contributed by atoms with Gasteiger partial charge in [0.15, 0.2) is 0 Å². The van der Waals surface area contributed by atoms with Crippen LogP contribution in [0.4, 0.5) is 0 Å². The first kappa shape index (κ1) is 9.09. The van der Waals surface area contributed by atoms with E-state index in [9.17, 15) is 4.79 Å². The summed E-state index contributed by atoms with van der Waals surface area (Å²) in [5.41, 5.74) is 5.46. The SMILES string of the molecule is O=CC12C3c4ccccc4[C@H]1[C@@H]2c1ccccc13. The predicted molar refractivity (Wildman–Crippen MR) is 68.7 cm³/mol. The molecule has 0 unspecified atom stereocenters. The fourth-order valence-electron chi connectivity index (χ4n) is 4.72. The lowest BCUT2D eigenvalue weighted by atomic mass is 9.86. The topological polar surface area (TPSA) is 17.1 Å². The van der Waals surface area contributed by atoms with Crippen LogP contribution < -0.4 is 0 Å². The van der Waals surface area contributed by atoms with Gasteiger partial charge in [0.2, 0.25) is 0 Å². The standard InChI is InChI=1S/C17H12O/c18-9-17-14-10-5-1-3-7-12(10)15(17)16(17)13-8-4-2-6-11(13)14/h1-9,14-16H/t14?,15-,16-,17?/m0/s1. The van der Waals surface area contributed by atoms with Crippen molar-refractivity contribution >= 4 is 6.29 Å². The number of benzene rings is 2. The highest BCUT2D eigenvalue weighted by Crippen LogP contribution is 2.85. The van der Waals surface area contributed by atoms with E-state index < -0.39 is 0 Å². The zero-order chi connectivity index (χ0) is 11.9. The Bertz CT molecular complexity index is 647. The predicted octanol–water partition coefficient (Wildman–Crippen LogP) is 3.21. The summed E-state index contributed by atoms with van der Waals surface area (Å²) >= 11 is 0. The van der Waals surface area contributed by atoms with Crippen LogP contribution in [0.15, 0.2) is 48.5 Å². The molecule has 1 nitrogen and oxygen atoms in total. The Morgan fingerprint density at radius 3 is 1.67 bits per heavy atom. The van der Waals surface area contributed by atoms with Gasteiger partial charge in [0.05, 0.1) is 5.41 Å². The number of carbonyl (C=O) groups excluding carboxylic acids is 1. The van der Waals surface area contributed by atoms with Gasteiger partial charge in [-0.1, -0.05) is 48.5 Å². The summed E-state index contributed by atoms with van der Waals surface area (Å²) in [6.45, 7) is 0. The summed E-state index contributed by atoms with van der Waals surface area (Å²) < 4.78 is 0. The molecule has 2 atom stereocenters. The summed E-state index contributed by atoms with van der Waals surface area (Å²) in [5, 5.41) is 0. The van der Waals surface area contributed by atoms with Crippen molar-refractivity contribution in [2.45, 2.75) is 17.8 Å². The molecule has 0 heterocycles. The highest BCUT2D eigenvalue weighted by molar-refractivity contribution is 5.84. The molecule has 0 aromatic heterocycles. The fraction of sp³-hybridized carbons (Fsp3) is 0.235. The van der Waals surface area contributed by atoms with Crippen LogP contribution in [-0.2, 0) is 4.79 Å². The van der Waals surface area contributed by atoms with Gasteiger partial charge >= 0.3 is 0 Å². The zero-order valence-electron chi connectivity index (χ0n) is 9.84. The summed E-state index contributed by atoms with van der Waals surface area (Å²) in [6.07, 6.45) is 1.24. The first-order valence-corrected chi connectivity index (χ1v) is 6.53. The molecule has 18 heavy (non-hydrogen) atoms. The van der Waals surface area contributed by atoms with Gasteiger partial charge in [-0.2, -0.15) is 0 Å². The minimum Gasteiger partial charge on any atom is -0.303 e. The number of aldehydes is 1. The van der Waals surface area contributed by atoms with Gasteiger partial charge in [0.1, 0.15) is 6.29 Å². The monoisotopic (exact) mass is 232 g/mol. The second-order valence-electron chi connectivity index (χ2n) is 5.76. The molecule has 3 aliphatic carbocycles. The maximum atomic E-state index is 11.8. The van der Waals surface area contributed by atoms with E-state index in [1.165, 1.54) is 28.5 Å². The third-order valence-corrected chi connectivity index (χ3v) is 5.29. The van der Waals surface area contributed by atoms with Crippen LogP contribution in [0, 0.1) is 5.41 Å². The Morgan fingerprint density at radius 1 is 0.778 bits per heavy atom. The van der Waals surface area contributed by atoms with Gasteiger partial charge in [0, 0.05) is 17.8 Å². The third kappa shape index (κ3) is 0.694. The number of hydrogen-bond donors (Lipinski definition) is 0. The van der Waals surface area contributed by atoms with Crippen molar-refractivity contribution in [3.63, 3.8) is 0 Å². The summed E-state index contributed by atoms with van der Waals surface area (Å²) in [5.74, 6) is 1.22. The Morgan fingerprint density at radius 2 is 1.22 bits per heavy atom. The number of fused-ring (bicyclic) bond motifs is 7. The number of carbonyl (C=O) groups is 1. The van der Waals surface area contributed by atoms with Crippen molar-refractivity contribution in [3.05, 3.63) is 70.8 Å². The van der Waals surface area contributed by atoms with Crippen molar-refractivity contribution in [1.29, 1.82) is 0 Å². The molecule has 2 aromatic rings. The second-order valence-corrected chi connectivity index (χ2v) is 5.76. The van der Waals surface area contributed by atoms with E-state index in [0.29, 0.717) is 17.8 Å². The molecule has 5 rings (SSSR count). The molecule has 2 aromatic carbocycles. The molecule has 1 saturated carbocycles. The van der Waals surface area contributed by atoms with Crippen LogP contribution in [-0.4, -0.2) is 6.29 Å². The molecule has 0 aliphatic heterocycles. The van der Waals surface area contributed by atoms with Crippen molar-refractivity contribution in [3.8, 4) is 0 Å². The Labute approximate surface area is 105 Å². The Balaban J connectivity index is 1.89. The van der Waals surface area contributed by atoms with E-state index in [0.717, 1.165) is 0 Å². The Kier molecular flexibility index (Phi) is 1.31. The van der Waals surface area contributed by atoms with E-state index in [1.807, 2.05) is 0 Å².